The molecule has 3 aliphatic heterocycles. The molecule has 2 atom stereocenters. The lowest BCUT2D eigenvalue weighted by Gasteiger charge is -2.48. The molecule has 1 aromatic carbocycles. The molecule has 3 fully saturated rings. The third-order valence-corrected chi connectivity index (χ3v) is 6.09. The lowest BCUT2D eigenvalue weighted by Crippen LogP contribution is -2.54. The summed E-state index contributed by atoms with van der Waals surface area (Å²) in [5, 5.41) is 0. The minimum absolute atomic E-state index is 0.0940. The van der Waals surface area contributed by atoms with Gasteiger partial charge < -0.3 is 19.4 Å². The molecular weight excluding hydrogens is 350 g/mol. The van der Waals surface area contributed by atoms with Gasteiger partial charge in [0.1, 0.15) is 5.75 Å². The molecule has 28 heavy (non-hydrogen) atoms. The van der Waals surface area contributed by atoms with Crippen molar-refractivity contribution < 1.29 is 9.53 Å². The zero-order chi connectivity index (χ0) is 20.3. The molecular formula is C23H33N3O2. The molecule has 0 radical (unpaired) electrons. The van der Waals surface area contributed by atoms with Crippen molar-refractivity contribution in [3.63, 3.8) is 0 Å². The molecule has 2 amide bonds. The lowest BCUT2D eigenvalue weighted by atomic mass is 9.73. The van der Waals surface area contributed by atoms with E-state index >= 15 is 0 Å². The SMILES string of the molecule is C#CCCN(C)C(=O)N1CC2CN(c3ccc(OCC)cc3)[C@H](C1)C(C)(C)C2. The Morgan fingerprint density at radius 3 is 2.64 bits per heavy atom. The van der Waals surface area contributed by atoms with Crippen molar-refractivity contribution in [1.29, 1.82) is 0 Å². The van der Waals surface area contributed by atoms with Crippen molar-refractivity contribution in [1.82, 2.24) is 9.80 Å². The van der Waals surface area contributed by atoms with Crippen LogP contribution in [0.3, 0.4) is 0 Å². The first-order valence-electron chi connectivity index (χ1n) is 10.3. The van der Waals surface area contributed by atoms with Crippen LogP contribution in [0.2, 0.25) is 0 Å². The number of benzene rings is 1. The summed E-state index contributed by atoms with van der Waals surface area (Å²) in [6.45, 7) is 10.5. The van der Waals surface area contributed by atoms with Gasteiger partial charge in [-0.25, -0.2) is 4.79 Å². The molecule has 1 unspecified atom stereocenters. The fraction of sp³-hybridized carbons (Fsp3) is 0.609. The second-order valence-corrected chi connectivity index (χ2v) is 8.72. The minimum atomic E-state index is 0.0940. The van der Waals surface area contributed by atoms with Gasteiger partial charge in [-0.05, 0) is 48.9 Å². The standard InChI is InChI=1S/C23H33N3O2/c1-6-8-13-24(5)22(27)25-15-18-14-23(3,4)21(17-25)26(16-18)19-9-11-20(12-10-19)28-7-2/h1,9-12,18,21H,7-8,13-17H2,2-5H3/t18?,21-/m1/s1. The van der Waals surface area contributed by atoms with Gasteiger partial charge >= 0.3 is 6.03 Å². The minimum Gasteiger partial charge on any atom is -0.494 e. The average Bonchev–Trinajstić information content (AvgIpc) is 2.93. The third-order valence-electron chi connectivity index (χ3n) is 6.09. The number of fused-ring (bicyclic) bond motifs is 4. The summed E-state index contributed by atoms with van der Waals surface area (Å²) in [5.74, 6) is 3.99. The summed E-state index contributed by atoms with van der Waals surface area (Å²) in [6, 6.07) is 8.76. The Kier molecular flexibility index (Phi) is 6.07. The summed E-state index contributed by atoms with van der Waals surface area (Å²) in [7, 11) is 1.85. The monoisotopic (exact) mass is 383 g/mol. The number of rotatable bonds is 5. The number of terminal acetylenes is 1. The van der Waals surface area contributed by atoms with Crippen LogP contribution in [0.15, 0.2) is 24.3 Å². The zero-order valence-corrected chi connectivity index (χ0v) is 17.6. The molecule has 0 N–H and O–H groups in total. The van der Waals surface area contributed by atoms with Crippen molar-refractivity contribution in [2.45, 2.75) is 39.7 Å². The average molecular weight is 384 g/mol. The first-order chi connectivity index (χ1) is 13.4. The number of hydrogen-bond donors (Lipinski definition) is 0. The van der Waals surface area contributed by atoms with Crippen LogP contribution in [0.4, 0.5) is 10.5 Å². The second-order valence-electron chi connectivity index (χ2n) is 8.72. The van der Waals surface area contributed by atoms with Crippen LogP contribution in [-0.4, -0.2) is 61.7 Å². The van der Waals surface area contributed by atoms with Gasteiger partial charge in [0, 0.05) is 45.3 Å². The predicted octanol–water partition coefficient (Wildman–Crippen LogP) is 3.70. The highest BCUT2D eigenvalue weighted by Gasteiger charge is 2.47. The first kappa shape index (κ1) is 20.4. The number of carbonyl (C=O) groups is 1. The number of carbonyl (C=O) groups excluding carboxylic acids is 1. The molecule has 3 aliphatic rings. The number of nitrogens with zero attached hydrogens (tertiary/aromatic N) is 3. The van der Waals surface area contributed by atoms with E-state index < -0.39 is 0 Å². The summed E-state index contributed by atoms with van der Waals surface area (Å²) < 4.78 is 5.59. The van der Waals surface area contributed by atoms with E-state index in [1.807, 2.05) is 31.0 Å². The number of piperidine rings is 1. The van der Waals surface area contributed by atoms with Crippen LogP contribution in [0, 0.1) is 23.7 Å². The third kappa shape index (κ3) is 4.22. The van der Waals surface area contributed by atoms with Gasteiger partial charge in [0.05, 0.1) is 12.6 Å². The van der Waals surface area contributed by atoms with E-state index in [9.17, 15) is 4.79 Å². The topological polar surface area (TPSA) is 36.0 Å². The highest BCUT2D eigenvalue weighted by molar-refractivity contribution is 5.74. The highest BCUT2D eigenvalue weighted by atomic mass is 16.5. The Labute approximate surface area is 169 Å². The fourth-order valence-corrected chi connectivity index (χ4v) is 4.75. The number of urea groups is 1. The molecule has 0 saturated carbocycles. The molecule has 3 saturated heterocycles. The molecule has 5 nitrogen and oxygen atoms in total. The van der Waals surface area contributed by atoms with Crippen LogP contribution in [0.5, 0.6) is 5.75 Å². The maximum atomic E-state index is 13.0. The van der Waals surface area contributed by atoms with Gasteiger partial charge in [0.2, 0.25) is 0 Å². The molecule has 0 aliphatic carbocycles. The molecule has 0 spiro atoms. The van der Waals surface area contributed by atoms with E-state index in [0.29, 0.717) is 25.5 Å². The van der Waals surface area contributed by atoms with Gasteiger partial charge in [0.25, 0.3) is 0 Å². The fourth-order valence-electron chi connectivity index (χ4n) is 4.75. The zero-order valence-electron chi connectivity index (χ0n) is 17.6. The van der Waals surface area contributed by atoms with Crippen molar-refractivity contribution in [3.8, 4) is 18.1 Å². The summed E-state index contributed by atoms with van der Waals surface area (Å²) in [6.07, 6.45) is 7.10. The Bertz CT molecular complexity index is 722. The Hall–Kier alpha value is -2.35. The van der Waals surface area contributed by atoms with Crippen LogP contribution in [0.25, 0.3) is 0 Å². The van der Waals surface area contributed by atoms with E-state index in [-0.39, 0.29) is 17.5 Å². The molecule has 3 heterocycles. The molecule has 1 aromatic rings. The molecule has 2 bridgehead atoms. The van der Waals surface area contributed by atoms with E-state index in [2.05, 4.69) is 36.8 Å². The quantitative estimate of drug-likeness (QED) is 0.728. The summed E-state index contributed by atoms with van der Waals surface area (Å²) in [4.78, 5) is 19.3. The predicted molar refractivity (Wildman–Crippen MR) is 114 cm³/mol. The number of hydrogen-bond acceptors (Lipinski definition) is 3. The smallest absolute Gasteiger partial charge is 0.319 e. The summed E-state index contributed by atoms with van der Waals surface area (Å²) >= 11 is 0. The summed E-state index contributed by atoms with van der Waals surface area (Å²) in [5.41, 5.74) is 1.36. The van der Waals surface area contributed by atoms with Crippen molar-refractivity contribution in [2.75, 3.05) is 44.7 Å². The lowest BCUT2D eigenvalue weighted by molar-refractivity contribution is 0.160. The molecule has 4 rings (SSSR count). The van der Waals surface area contributed by atoms with Gasteiger partial charge in [-0.1, -0.05) is 13.8 Å². The van der Waals surface area contributed by atoms with Gasteiger partial charge in [0.15, 0.2) is 0 Å². The maximum absolute atomic E-state index is 13.0. The maximum Gasteiger partial charge on any atom is 0.319 e. The van der Waals surface area contributed by atoms with Crippen LogP contribution in [-0.2, 0) is 0 Å². The van der Waals surface area contributed by atoms with Gasteiger partial charge in [-0.2, -0.15) is 0 Å². The first-order valence-corrected chi connectivity index (χ1v) is 10.3. The van der Waals surface area contributed by atoms with E-state index in [0.717, 1.165) is 31.8 Å². The van der Waals surface area contributed by atoms with E-state index in [1.165, 1.54) is 5.69 Å². The molecule has 152 valence electrons. The molecule has 0 aromatic heterocycles. The van der Waals surface area contributed by atoms with Crippen molar-refractivity contribution in [3.05, 3.63) is 24.3 Å². The Morgan fingerprint density at radius 2 is 2.00 bits per heavy atom. The highest BCUT2D eigenvalue weighted by Crippen LogP contribution is 2.43. The van der Waals surface area contributed by atoms with Gasteiger partial charge in [-0.15, -0.1) is 12.3 Å². The normalized spacial score (nSPS) is 23.1. The van der Waals surface area contributed by atoms with Crippen molar-refractivity contribution >= 4 is 11.7 Å². The second kappa shape index (κ2) is 8.34. The Morgan fingerprint density at radius 1 is 1.29 bits per heavy atom. The van der Waals surface area contributed by atoms with E-state index in [4.69, 9.17) is 11.2 Å². The Balaban J connectivity index is 1.81. The largest absolute Gasteiger partial charge is 0.494 e. The van der Waals surface area contributed by atoms with Crippen LogP contribution < -0.4 is 9.64 Å². The van der Waals surface area contributed by atoms with Crippen LogP contribution in [0.1, 0.15) is 33.6 Å². The van der Waals surface area contributed by atoms with Gasteiger partial charge in [-0.3, -0.25) is 0 Å². The van der Waals surface area contributed by atoms with E-state index in [1.54, 1.807) is 4.90 Å². The molecule has 5 heteroatoms. The number of anilines is 1. The van der Waals surface area contributed by atoms with Crippen LogP contribution >= 0.6 is 0 Å². The van der Waals surface area contributed by atoms with Crippen molar-refractivity contribution in [2.24, 2.45) is 11.3 Å². The number of amides is 2. The number of ether oxygens (including phenoxy) is 1.